The quantitative estimate of drug-likeness (QED) is 0.0528. The molecule has 2 aromatic rings. The van der Waals surface area contributed by atoms with Gasteiger partial charge in [0.15, 0.2) is 0 Å². The minimum absolute atomic E-state index is 0.0365. The molecular formula is C32H44Br4N6O6. The van der Waals surface area contributed by atoms with Gasteiger partial charge in [0.1, 0.15) is 22.9 Å². The van der Waals surface area contributed by atoms with Crippen molar-refractivity contribution in [3.05, 3.63) is 53.3 Å². The topological polar surface area (TPSA) is 148 Å². The van der Waals surface area contributed by atoms with Crippen molar-refractivity contribution in [2.45, 2.75) is 38.5 Å². The van der Waals surface area contributed by atoms with Crippen LogP contribution in [-0.4, -0.2) is 111 Å². The highest BCUT2D eigenvalue weighted by Gasteiger charge is 2.17. The Labute approximate surface area is 316 Å². The summed E-state index contributed by atoms with van der Waals surface area (Å²) in [5.74, 6) is 0.496. The Balaban J connectivity index is 1.58. The van der Waals surface area contributed by atoms with Crippen LogP contribution in [0.1, 0.15) is 36.8 Å². The van der Waals surface area contributed by atoms with Crippen molar-refractivity contribution in [1.29, 1.82) is 0 Å². The Kier molecular flexibility index (Phi) is 19.6. The van der Waals surface area contributed by atoms with Gasteiger partial charge in [0.25, 0.3) is 11.8 Å². The van der Waals surface area contributed by atoms with Crippen LogP contribution in [0.25, 0.3) is 0 Å². The fourth-order valence-electron chi connectivity index (χ4n) is 4.82. The Bertz CT molecular complexity index is 1280. The molecule has 2 rings (SSSR count). The van der Waals surface area contributed by atoms with Crippen LogP contribution in [0.15, 0.2) is 52.5 Å². The second-order valence-electron chi connectivity index (χ2n) is 11.2. The minimum atomic E-state index is -0.400. The van der Waals surface area contributed by atoms with E-state index in [1.807, 2.05) is 24.3 Å². The highest BCUT2D eigenvalue weighted by atomic mass is 79.9. The molecule has 0 unspecified atom stereocenters. The molecule has 266 valence electrons. The predicted octanol–water partition coefficient (Wildman–Crippen LogP) is 5.86. The van der Waals surface area contributed by atoms with Crippen LogP contribution in [0, 0.1) is 0 Å². The summed E-state index contributed by atoms with van der Waals surface area (Å²) in [6, 6.07) is 7.30. The van der Waals surface area contributed by atoms with Crippen LogP contribution in [0.4, 0.5) is 0 Å². The SMILES string of the molecule is COc1c(Br)cc(CC(=NO)C(=O)NCCCN(C)CCCCN(C)CCCNC(=O)C(Cc2cc(Br)c(OC)c(Br)c2)=NO)cc1Br. The number of carbonyl (C=O) groups excluding carboxylic acids is 2. The van der Waals surface area contributed by atoms with Crippen LogP contribution in [-0.2, 0) is 22.4 Å². The summed E-state index contributed by atoms with van der Waals surface area (Å²) in [5, 5.41) is 30.9. The number of hydrogen-bond donors (Lipinski definition) is 4. The van der Waals surface area contributed by atoms with E-state index in [9.17, 15) is 20.0 Å². The zero-order valence-electron chi connectivity index (χ0n) is 27.6. The summed E-state index contributed by atoms with van der Waals surface area (Å²) in [4.78, 5) is 29.6. The van der Waals surface area contributed by atoms with Crippen molar-refractivity contribution >= 4 is 87.0 Å². The second-order valence-corrected chi connectivity index (χ2v) is 14.6. The molecule has 0 saturated heterocycles. The number of amides is 2. The number of hydrogen-bond acceptors (Lipinski definition) is 10. The first-order valence-electron chi connectivity index (χ1n) is 15.3. The molecule has 16 heteroatoms. The Morgan fingerprint density at radius 3 is 1.25 bits per heavy atom. The Hall–Kier alpha value is -2.24. The molecule has 0 spiro atoms. The van der Waals surface area contributed by atoms with Crippen molar-refractivity contribution in [3.63, 3.8) is 0 Å². The predicted molar refractivity (Wildman–Crippen MR) is 202 cm³/mol. The van der Waals surface area contributed by atoms with Gasteiger partial charge in [0.2, 0.25) is 0 Å². The monoisotopic (exact) mass is 924 g/mol. The summed E-state index contributed by atoms with van der Waals surface area (Å²) in [5.41, 5.74) is 1.66. The van der Waals surface area contributed by atoms with E-state index >= 15 is 0 Å². The molecule has 0 saturated carbocycles. The van der Waals surface area contributed by atoms with Crippen LogP contribution < -0.4 is 20.1 Å². The van der Waals surface area contributed by atoms with E-state index in [-0.39, 0.29) is 24.3 Å². The van der Waals surface area contributed by atoms with Gasteiger partial charge in [-0.2, -0.15) is 0 Å². The van der Waals surface area contributed by atoms with Crippen LogP contribution in [0.3, 0.4) is 0 Å². The van der Waals surface area contributed by atoms with Crippen molar-refractivity contribution in [2.24, 2.45) is 10.3 Å². The maximum atomic E-state index is 12.6. The van der Waals surface area contributed by atoms with Gasteiger partial charge in [-0.25, -0.2) is 0 Å². The largest absolute Gasteiger partial charge is 0.494 e. The van der Waals surface area contributed by atoms with E-state index in [1.54, 1.807) is 14.2 Å². The van der Waals surface area contributed by atoms with E-state index in [2.05, 4.69) is 109 Å². The lowest BCUT2D eigenvalue weighted by atomic mass is 10.1. The van der Waals surface area contributed by atoms with Crippen LogP contribution >= 0.6 is 63.7 Å². The minimum Gasteiger partial charge on any atom is -0.494 e. The van der Waals surface area contributed by atoms with Crippen LogP contribution in [0.5, 0.6) is 11.5 Å². The lowest BCUT2D eigenvalue weighted by Crippen LogP contribution is -2.35. The first-order valence-corrected chi connectivity index (χ1v) is 18.5. The Morgan fingerprint density at radius 1 is 0.646 bits per heavy atom. The molecule has 0 aliphatic carbocycles. The van der Waals surface area contributed by atoms with Gasteiger partial charge < -0.3 is 40.3 Å². The van der Waals surface area contributed by atoms with Crippen LogP contribution in [0.2, 0.25) is 0 Å². The smallest absolute Gasteiger partial charge is 0.269 e. The highest BCUT2D eigenvalue weighted by Crippen LogP contribution is 2.35. The molecule has 0 aromatic heterocycles. The fourth-order valence-corrected chi connectivity index (χ4v) is 8.03. The molecule has 2 amide bonds. The van der Waals surface area contributed by atoms with E-state index in [1.165, 1.54) is 0 Å². The third-order valence-corrected chi connectivity index (χ3v) is 9.72. The summed E-state index contributed by atoms with van der Waals surface area (Å²) in [6.45, 7) is 4.47. The molecule has 0 aliphatic rings. The lowest BCUT2D eigenvalue weighted by molar-refractivity contribution is -0.115. The number of rotatable bonds is 21. The normalized spacial score (nSPS) is 12.0. The number of methoxy groups -OCH3 is 2. The molecule has 0 aliphatic heterocycles. The second kappa shape index (κ2) is 22.5. The van der Waals surface area contributed by atoms with Gasteiger partial charge in [-0.05, 0) is 165 Å². The zero-order valence-corrected chi connectivity index (χ0v) is 34.0. The number of ether oxygens (including phenoxy) is 2. The number of halogens is 4. The van der Waals surface area contributed by atoms with E-state index in [0.717, 1.165) is 80.9 Å². The molecule has 0 fully saturated rings. The number of nitrogens with one attached hydrogen (secondary N) is 2. The van der Waals surface area contributed by atoms with E-state index in [4.69, 9.17) is 9.47 Å². The van der Waals surface area contributed by atoms with Crippen molar-refractivity contribution in [1.82, 2.24) is 20.4 Å². The van der Waals surface area contributed by atoms with Crippen molar-refractivity contribution < 1.29 is 29.5 Å². The van der Waals surface area contributed by atoms with Gasteiger partial charge in [0, 0.05) is 25.9 Å². The summed E-state index contributed by atoms with van der Waals surface area (Å²) >= 11 is 13.8. The average molecular weight is 928 g/mol. The van der Waals surface area contributed by atoms with Gasteiger partial charge >= 0.3 is 0 Å². The first-order chi connectivity index (χ1) is 22.9. The average Bonchev–Trinajstić information content (AvgIpc) is 3.04. The molecule has 0 atom stereocenters. The van der Waals surface area contributed by atoms with Crippen molar-refractivity contribution in [2.75, 3.05) is 67.6 Å². The molecule has 2 aromatic carbocycles. The summed E-state index contributed by atoms with van der Waals surface area (Å²) in [6.07, 6.45) is 3.95. The van der Waals surface area contributed by atoms with Gasteiger partial charge in [0.05, 0.1) is 32.1 Å². The summed E-state index contributed by atoms with van der Waals surface area (Å²) in [7, 11) is 7.26. The molecule has 4 N–H and O–H groups in total. The number of benzene rings is 2. The molecular weight excluding hydrogens is 884 g/mol. The molecule has 0 heterocycles. The Morgan fingerprint density at radius 2 is 0.958 bits per heavy atom. The number of nitrogens with zero attached hydrogens (tertiary/aromatic N) is 4. The zero-order chi connectivity index (χ0) is 35.6. The summed E-state index contributed by atoms with van der Waals surface area (Å²) < 4.78 is 13.5. The third-order valence-electron chi connectivity index (χ3n) is 7.37. The maximum Gasteiger partial charge on any atom is 0.269 e. The molecule has 0 bridgehead atoms. The lowest BCUT2D eigenvalue weighted by Gasteiger charge is -2.19. The molecule has 12 nitrogen and oxygen atoms in total. The third kappa shape index (κ3) is 14.3. The van der Waals surface area contributed by atoms with E-state index in [0.29, 0.717) is 24.6 Å². The fraction of sp³-hybridized carbons (Fsp3) is 0.500. The van der Waals surface area contributed by atoms with Crippen molar-refractivity contribution in [3.8, 4) is 11.5 Å². The number of oxime groups is 2. The first kappa shape index (κ1) is 41.9. The number of carbonyl (C=O) groups is 2. The van der Waals surface area contributed by atoms with Gasteiger partial charge in [-0.15, -0.1) is 0 Å². The highest BCUT2D eigenvalue weighted by molar-refractivity contribution is 9.11. The maximum absolute atomic E-state index is 12.6. The standard InChI is InChI=1S/C32H44Br4N6O6/c1-41(13-7-9-37-31(43)27(39-45)19-21-15-23(33)29(47-3)24(34)16-21)11-5-6-12-42(2)14-8-10-38-32(44)28(40-46)20-22-17-25(35)30(48-4)26(36)18-22/h15-18,45-46H,5-14,19-20H2,1-4H3,(H,37,43)(H,38,44). The van der Waals surface area contributed by atoms with Gasteiger partial charge in [-0.3, -0.25) is 9.59 Å². The molecule has 0 radical (unpaired) electrons. The number of unbranched alkanes of at least 4 members (excludes halogenated alkanes) is 1. The molecule has 48 heavy (non-hydrogen) atoms. The van der Waals surface area contributed by atoms with Gasteiger partial charge in [-0.1, -0.05) is 10.3 Å². The van der Waals surface area contributed by atoms with E-state index < -0.39 is 11.8 Å².